The van der Waals surface area contributed by atoms with Crippen molar-refractivity contribution in [3.8, 4) is 11.3 Å². The van der Waals surface area contributed by atoms with Crippen molar-refractivity contribution in [3.05, 3.63) is 53.7 Å². The van der Waals surface area contributed by atoms with Crippen LogP contribution in [-0.2, 0) is 6.18 Å². The Morgan fingerprint density at radius 1 is 0.967 bits per heavy atom. The fourth-order valence-electron chi connectivity index (χ4n) is 6.17. The molecular weight excluding hydrogens is 389 g/mol. The van der Waals surface area contributed by atoms with Crippen LogP contribution in [0.4, 0.5) is 13.2 Å². The van der Waals surface area contributed by atoms with E-state index in [1.807, 2.05) is 4.90 Å². The lowest BCUT2D eigenvalue weighted by molar-refractivity contribution is -0.137. The number of halogens is 3. The van der Waals surface area contributed by atoms with Gasteiger partial charge < -0.3 is 4.90 Å². The van der Waals surface area contributed by atoms with Gasteiger partial charge in [-0.05, 0) is 61.3 Å². The zero-order valence-corrected chi connectivity index (χ0v) is 17.8. The Bertz CT molecular complexity index is 983. The normalized spacial score (nSPS) is 27.9. The van der Waals surface area contributed by atoms with Gasteiger partial charge in [0.15, 0.2) is 0 Å². The minimum Gasteiger partial charge on any atom is -0.331 e. The van der Waals surface area contributed by atoms with Gasteiger partial charge in [0.1, 0.15) is 5.69 Å². The van der Waals surface area contributed by atoms with E-state index in [1.54, 1.807) is 18.2 Å². The summed E-state index contributed by atoms with van der Waals surface area (Å²) in [4.78, 5) is 19.9. The lowest BCUT2D eigenvalue weighted by Crippen LogP contribution is -2.48. The second-order valence-corrected chi connectivity index (χ2v) is 10.4. The molecule has 2 aromatic rings. The quantitative estimate of drug-likeness (QED) is 0.584. The van der Waals surface area contributed by atoms with Crippen LogP contribution in [0.15, 0.2) is 42.5 Å². The topological polar surface area (TPSA) is 33.2 Å². The van der Waals surface area contributed by atoms with Gasteiger partial charge in [0, 0.05) is 17.6 Å². The number of rotatable bonds is 2. The first-order valence-corrected chi connectivity index (χ1v) is 10.3. The number of likely N-dealkylation sites (tertiary alicyclic amines) is 1. The molecule has 1 aliphatic carbocycles. The lowest BCUT2D eigenvalue weighted by atomic mass is 9.61. The molecule has 160 valence electrons. The maximum absolute atomic E-state index is 13.4. The smallest absolute Gasteiger partial charge is 0.331 e. The highest BCUT2D eigenvalue weighted by atomic mass is 19.4. The van der Waals surface area contributed by atoms with Gasteiger partial charge in [-0.15, -0.1) is 0 Å². The summed E-state index contributed by atoms with van der Waals surface area (Å²) in [6.07, 6.45) is -1.37. The average Bonchev–Trinajstić information content (AvgIpc) is 2.84. The summed E-state index contributed by atoms with van der Waals surface area (Å²) in [6, 6.07) is 10.0. The highest BCUT2D eigenvalue weighted by Gasteiger charge is 2.57. The number of hydrogen-bond donors (Lipinski definition) is 0. The first-order chi connectivity index (χ1) is 13.8. The molecular formula is C24H27F3N2O. The number of carbonyl (C=O) groups excluding carboxylic acids is 1. The van der Waals surface area contributed by atoms with E-state index >= 15 is 0 Å². The molecule has 2 atom stereocenters. The van der Waals surface area contributed by atoms with E-state index in [1.165, 1.54) is 12.1 Å². The number of pyridine rings is 1. The zero-order chi connectivity index (χ0) is 21.9. The number of hydrogen-bond acceptors (Lipinski definition) is 2. The number of aromatic nitrogens is 1. The van der Waals surface area contributed by atoms with E-state index in [4.69, 9.17) is 0 Å². The third-order valence-corrected chi connectivity index (χ3v) is 6.49. The maximum Gasteiger partial charge on any atom is 0.416 e. The highest BCUT2D eigenvalue weighted by Crippen LogP contribution is 2.57. The van der Waals surface area contributed by atoms with E-state index in [0.29, 0.717) is 23.5 Å². The Morgan fingerprint density at radius 2 is 1.63 bits per heavy atom. The number of amides is 1. The first-order valence-electron chi connectivity index (χ1n) is 10.3. The molecule has 0 N–H and O–H groups in total. The lowest BCUT2D eigenvalue weighted by Gasteiger charge is -2.45. The molecule has 6 heteroatoms. The predicted molar refractivity (Wildman–Crippen MR) is 110 cm³/mol. The van der Waals surface area contributed by atoms with Crippen molar-refractivity contribution in [1.82, 2.24) is 9.88 Å². The van der Waals surface area contributed by atoms with E-state index in [2.05, 4.69) is 32.7 Å². The summed E-state index contributed by atoms with van der Waals surface area (Å²) in [5.74, 6) is -0.104. The summed E-state index contributed by atoms with van der Waals surface area (Å²) in [6.45, 7) is 9.65. The number of carbonyl (C=O) groups is 1. The Hall–Kier alpha value is -2.37. The van der Waals surface area contributed by atoms with Crippen LogP contribution in [-0.4, -0.2) is 27.9 Å². The van der Waals surface area contributed by atoms with Crippen molar-refractivity contribution in [2.45, 2.75) is 58.7 Å². The fourth-order valence-corrected chi connectivity index (χ4v) is 6.17. The molecule has 1 saturated heterocycles. The van der Waals surface area contributed by atoms with E-state index < -0.39 is 11.7 Å². The summed E-state index contributed by atoms with van der Waals surface area (Å²) in [5.41, 5.74) is 0.739. The Balaban J connectivity index is 1.62. The number of fused-ring (bicyclic) bond motifs is 2. The molecule has 0 radical (unpaired) electrons. The second-order valence-electron chi connectivity index (χ2n) is 10.4. The standard InChI is InChI=1S/C24H27F3N2O/c1-21(2)12-22(3)14-23(4,13-21)29(15-22)20(30)19-7-5-6-18(28-19)16-8-10-17(11-9-16)24(25,26)27/h5-11H,12-15H2,1-4H3/t22-,23+/m0/s1. The van der Waals surface area contributed by atoms with E-state index in [0.717, 1.165) is 31.4 Å². The van der Waals surface area contributed by atoms with Crippen molar-refractivity contribution in [2.24, 2.45) is 10.8 Å². The van der Waals surface area contributed by atoms with Gasteiger partial charge in [-0.25, -0.2) is 4.98 Å². The summed E-state index contributed by atoms with van der Waals surface area (Å²) in [7, 11) is 0. The fraction of sp³-hybridized carbons (Fsp3) is 0.500. The third-order valence-electron chi connectivity index (χ3n) is 6.49. The monoisotopic (exact) mass is 416 g/mol. The van der Waals surface area contributed by atoms with Crippen molar-refractivity contribution in [1.29, 1.82) is 0 Å². The van der Waals surface area contributed by atoms with Crippen molar-refractivity contribution in [2.75, 3.05) is 6.54 Å². The third kappa shape index (κ3) is 3.72. The molecule has 2 bridgehead atoms. The number of nitrogens with zero attached hydrogens (tertiary/aromatic N) is 2. The van der Waals surface area contributed by atoms with Gasteiger partial charge in [0.25, 0.3) is 5.91 Å². The SMILES string of the molecule is CC1(C)C[C@]2(C)CN(C(=O)c3cccc(-c4ccc(C(F)(F)F)cc4)n3)[C@](C)(C1)C2. The summed E-state index contributed by atoms with van der Waals surface area (Å²) < 4.78 is 38.5. The molecule has 0 spiro atoms. The number of alkyl halides is 3. The van der Waals surface area contributed by atoms with Gasteiger partial charge in [0.05, 0.1) is 11.3 Å². The molecule has 1 aromatic carbocycles. The molecule has 2 aliphatic rings. The van der Waals surface area contributed by atoms with Crippen LogP contribution in [0.2, 0.25) is 0 Å². The summed E-state index contributed by atoms with van der Waals surface area (Å²) in [5, 5.41) is 0. The molecule has 1 aromatic heterocycles. The molecule has 30 heavy (non-hydrogen) atoms. The second kappa shape index (κ2) is 6.56. The zero-order valence-electron chi connectivity index (χ0n) is 17.8. The molecule has 4 rings (SSSR count). The number of benzene rings is 1. The van der Waals surface area contributed by atoms with Crippen LogP contribution in [0.25, 0.3) is 11.3 Å². The Kier molecular flexibility index (Phi) is 4.57. The molecule has 0 unspecified atom stereocenters. The molecule has 1 aliphatic heterocycles. The average molecular weight is 416 g/mol. The predicted octanol–water partition coefficient (Wildman–Crippen LogP) is 6.20. The summed E-state index contributed by atoms with van der Waals surface area (Å²) >= 11 is 0. The molecule has 2 fully saturated rings. The maximum atomic E-state index is 13.4. The molecule has 1 saturated carbocycles. The van der Waals surface area contributed by atoms with Crippen LogP contribution in [0.3, 0.4) is 0 Å². The van der Waals surface area contributed by atoms with Crippen LogP contribution in [0.5, 0.6) is 0 Å². The minimum absolute atomic E-state index is 0.0944. The minimum atomic E-state index is -4.38. The van der Waals surface area contributed by atoms with Gasteiger partial charge in [-0.2, -0.15) is 13.2 Å². The van der Waals surface area contributed by atoms with Gasteiger partial charge in [-0.1, -0.05) is 39.0 Å². The van der Waals surface area contributed by atoms with Gasteiger partial charge in [0.2, 0.25) is 0 Å². The van der Waals surface area contributed by atoms with E-state index in [9.17, 15) is 18.0 Å². The highest BCUT2D eigenvalue weighted by molar-refractivity contribution is 5.93. The van der Waals surface area contributed by atoms with Crippen LogP contribution in [0.1, 0.15) is 63.0 Å². The molecule has 3 nitrogen and oxygen atoms in total. The molecule has 2 heterocycles. The van der Waals surface area contributed by atoms with Gasteiger partial charge in [-0.3, -0.25) is 4.79 Å². The van der Waals surface area contributed by atoms with Crippen LogP contribution < -0.4 is 0 Å². The largest absolute Gasteiger partial charge is 0.416 e. The van der Waals surface area contributed by atoms with Crippen molar-refractivity contribution >= 4 is 5.91 Å². The van der Waals surface area contributed by atoms with Gasteiger partial charge >= 0.3 is 6.18 Å². The van der Waals surface area contributed by atoms with Crippen molar-refractivity contribution < 1.29 is 18.0 Å². The Labute approximate surface area is 175 Å². The Morgan fingerprint density at radius 3 is 2.27 bits per heavy atom. The molecule has 1 amide bonds. The van der Waals surface area contributed by atoms with E-state index in [-0.39, 0.29) is 22.3 Å². The van der Waals surface area contributed by atoms with Crippen LogP contribution in [0, 0.1) is 10.8 Å². The van der Waals surface area contributed by atoms with Crippen LogP contribution >= 0.6 is 0 Å². The van der Waals surface area contributed by atoms with Crippen molar-refractivity contribution in [3.63, 3.8) is 0 Å². The first kappa shape index (κ1) is 20.9.